The molecule has 18 heavy (non-hydrogen) atoms. The summed E-state index contributed by atoms with van der Waals surface area (Å²) in [7, 11) is 0. The Labute approximate surface area is 112 Å². The van der Waals surface area contributed by atoms with E-state index in [9.17, 15) is 0 Å². The molecule has 0 spiro atoms. The molecule has 0 unspecified atom stereocenters. The first-order valence-electron chi connectivity index (χ1n) is 5.98. The second-order valence-corrected chi connectivity index (χ2v) is 4.53. The van der Waals surface area contributed by atoms with E-state index in [4.69, 9.17) is 16.9 Å². The third-order valence-corrected chi connectivity index (χ3v) is 3.08. The van der Waals surface area contributed by atoms with Gasteiger partial charge in [0.25, 0.3) is 0 Å². The average molecular weight is 260 g/mol. The highest BCUT2D eigenvalue weighted by molar-refractivity contribution is 6.32. The molecule has 0 atom stereocenters. The number of halogens is 1. The van der Waals surface area contributed by atoms with E-state index in [-0.39, 0.29) is 0 Å². The summed E-state index contributed by atoms with van der Waals surface area (Å²) in [6.07, 6.45) is 4.24. The minimum absolute atomic E-state index is 0.470. The van der Waals surface area contributed by atoms with Crippen LogP contribution in [-0.4, -0.2) is 9.78 Å². The summed E-state index contributed by atoms with van der Waals surface area (Å²) >= 11 is 6.01. The smallest absolute Gasteiger partial charge is 0.101 e. The van der Waals surface area contributed by atoms with Crippen molar-refractivity contribution in [2.24, 2.45) is 0 Å². The van der Waals surface area contributed by atoms with E-state index in [0.29, 0.717) is 10.6 Å². The molecule has 0 N–H and O–H groups in total. The second kappa shape index (κ2) is 5.70. The van der Waals surface area contributed by atoms with Crippen LogP contribution in [0.5, 0.6) is 0 Å². The maximum Gasteiger partial charge on any atom is 0.101 e. The Hall–Kier alpha value is -1.79. The van der Waals surface area contributed by atoms with Crippen LogP contribution in [0.25, 0.3) is 11.3 Å². The van der Waals surface area contributed by atoms with Crippen molar-refractivity contribution in [1.82, 2.24) is 9.78 Å². The molecule has 1 aromatic carbocycles. The van der Waals surface area contributed by atoms with Crippen LogP contribution in [0.15, 0.2) is 30.5 Å². The number of unbranched alkanes of at least 4 members (excludes halogenated alkanes) is 1. The van der Waals surface area contributed by atoms with Gasteiger partial charge in [0, 0.05) is 18.3 Å². The second-order valence-electron chi connectivity index (χ2n) is 4.12. The Kier molecular flexibility index (Phi) is 4.01. The number of rotatable bonds is 4. The van der Waals surface area contributed by atoms with Crippen LogP contribution >= 0.6 is 11.6 Å². The molecular weight excluding hydrogens is 246 g/mol. The van der Waals surface area contributed by atoms with Crippen molar-refractivity contribution in [3.8, 4) is 17.3 Å². The number of hydrogen-bond acceptors (Lipinski definition) is 2. The highest BCUT2D eigenvalue weighted by atomic mass is 35.5. The number of nitriles is 1. The van der Waals surface area contributed by atoms with Gasteiger partial charge in [-0.2, -0.15) is 10.4 Å². The summed E-state index contributed by atoms with van der Waals surface area (Å²) in [4.78, 5) is 0. The third kappa shape index (κ3) is 2.72. The van der Waals surface area contributed by atoms with Gasteiger partial charge in [0.05, 0.1) is 16.3 Å². The topological polar surface area (TPSA) is 41.6 Å². The largest absolute Gasteiger partial charge is 0.272 e. The van der Waals surface area contributed by atoms with Crippen LogP contribution in [0.4, 0.5) is 0 Å². The first kappa shape index (κ1) is 12.7. The van der Waals surface area contributed by atoms with Gasteiger partial charge in [-0.3, -0.25) is 4.68 Å². The van der Waals surface area contributed by atoms with Gasteiger partial charge in [-0.1, -0.05) is 31.0 Å². The lowest BCUT2D eigenvalue weighted by molar-refractivity contribution is 0.573. The van der Waals surface area contributed by atoms with Crippen LogP contribution in [0.3, 0.4) is 0 Å². The van der Waals surface area contributed by atoms with Crippen molar-refractivity contribution in [2.45, 2.75) is 26.3 Å². The summed E-state index contributed by atoms with van der Waals surface area (Å²) in [5.41, 5.74) is 2.32. The summed E-state index contributed by atoms with van der Waals surface area (Å²) < 4.78 is 1.94. The van der Waals surface area contributed by atoms with E-state index in [1.165, 1.54) is 0 Å². The van der Waals surface area contributed by atoms with Crippen molar-refractivity contribution in [3.05, 3.63) is 41.0 Å². The van der Waals surface area contributed by atoms with E-state index in [0.717, 1.165) is 30.6 Å². The van der Waals surface area contributed by atoms with Crippen LogP contribution in [0.1, 0.15) is 25.3 Å². The maximum atomic E-state index is 8.83. The molecule has 0 saturated heterocycles. The van der Waals surface area contributed by atoms with E-state index >= 15 is 0 Å². The van der Waals surface area contributed by atoms with Crippen LogP contribution < -0.4 is 0 Å². The Morgan fingerprint density at radius 3 is 2.89 bits per heavy atom. The zero-order valence-corrected chi connectivity index (χ0v) is 11.0. The van der Waals surface area contributed by atoms with Crippen molar-refractivity contribution in [2.75, 3.05) is 0 Å². The summed E-state index contributed by atoms with van der Waals surface area (Å²) in [6, 6.07) is 9.40. The molecule has 1 aromatic heterocycles. The summed E-state index contributed by atoms with van der Waals surface area (Å²) in [6.45, 7) is 3.09. The van der Waals surface area contributed by atoms with Gasteiger partial charge in [-0.25, -0.2) is 0 Å². The SMILES string of the molecule is CCCCn1ccc(-c2ccc(C#N)c(Cl)c2)n1. The molecule has 1 heterocycles. The lowest BCUT2D eigenvalue weighted by Crippen LogP contribution is -1.98. The quantitative estimate of drug-likeness (QED) is 0.836. The molecule has 0 aliphatic rings. The van der Waals surface area contributed by atoms with Gasteiger partial charge in [-0.05, 0) is 24.6 Å². The van der Waals surface area contributed by atoms with E-state index in [1.807, 2.05) is 29.1 Å². The molecule has 0 aliphatic carbocycles. The van der Waals surface area contributed by atoms with Crippen LogP contribution in [-0.2, 0) is 6.54 Å². The predicted molar refractivity (Wildman–Crippen MR) is 72.3 cm³/mol. The van der Waals surface area contributed by atoms with Gasteiger partial charge in [0.2, 0.25) is 0 Å². The Morgan fingerprint density at radius 1 is 1.39 bits per heavy atom. The molecule has 92 valence electrons. The molecule has 3 nitrogen and oxygen atoms in total. The van der Waals surface area contributed by atoms with Gasteiger partial charge in [0.1, 0.15) is 6.07 Å². The fraction of sp³-hybridized carbons (Fsp3) is 0.286. The Bertz CT molecular complexity index is 581. The van der Waals surface area contributed by atoms with Gasteiger partial charge < -0.3 is 0 Å². The first-order chi connectivity index (χ1) is 8.74. The highest BCUT2D eigenvalue weighted by Gasteiger charge is 2.05. The van der Waals surface area contributed by atoms with Crippen molar-refractivity contribution in [3.63, 3.8) is 0 Å². The number of benzene rings is 1. The van der Waals surface area contributed by atoms with Gasteiger partial charge in [-0.15, -0.1) is 0 Å². The third-order valence-electron chi connectivity index (χ3n) is 2.77. The average Bonchev–Trinajstić information content (AvgIpc) is 2.85. The maximum absolute atomic E-state index is 8.83. The zero-order valence-electron chi connectivity index (χ0n) is 10.2. The number of aromatic nitrogens is 2. The molecule has 0 fully saturated rings. The molecule has 0 bridgehead atoms. The molecule has 0 amide bonds. The monoisotopic (exact) mass is 259 g/mol. The molecule has 0 saturated carbocycles. The highest BCUT2D eigenvalue weighted by Crippen LogP contribution is 2.24. The van der Waals surface area contributed by atoms with Crippen LogP contribution in [0, 0.1) is 11.3 Å². The number of nitrogens with zero attached hydrogens (tertiary/aromatic N) is 3. The Morgan fingerprint density at radius 2 is 2.22 bits per heavy atom. The van der Waals surface area contributed by atoms with Gasteiger partial charge in [0.15, 0.2) is 0 Å². The lowest BCUT2D eigenvalue weighted by Gasteiger charge is -2.01. The first-order valence-corrected chi connectivity index (χ1v) is 6.36. The fourth-order valence-corrected chi connectivity index (χ4v) is 1.95. The lowest BCUT2D eigenvalue weighted by atomic mass is 10.1. The summed E-state index contributed by atoms with van der Waals surface area (Å²) in [5, 5.41) is 13.8. The van der Waals surface area contributed by atoms with Crippen molar-refractivity contribution >= 4 is 11.6 Å². The minimum Gasteiger partial charge on any atom is -0.272 e. The molecule has 0 radical (unpaired) electrons. The molecule has 2 aromatic rings. The van der Waals surface area contributed by atoms with Crippen molar-refractivity contribution < 1.29 is 0 Å². The van der Waals surface area contributed by atoms with Crippen molar-refractivity contribution in [1.29, 1.82) is 5.26 Å². The molecule has 2 rings (SSSR count). The number of aryl methyl sites for hydroxylation is 1. The van der Waals surface area contributed by atoms with Crippen LogP contribution in [0.2, 0.25) is 5.02 Å². The Balaban J connectivity index is 2.24. The predicted octanol–water partition coefficient (Wildman–Crippen LogP) is 3.88. The van der Waals surface area contributed by atoms with E-state index < -0.39 is 0 Å². The molecular formula is C14H14ClN3. The zero-order chi connectivity index (χ0) is 13.0. The van der Waals surface area contributed by atoms with Gasteiger partial charge >= 0.3 is 0 Å². The number of hydrogen-bond donors (Lipinski definition) is 0. The fourth-order valence-electron chi connectivity index (χ4n) is 1.73. The summed E-state index contributed by atoms with van der Waals surface area (Å²) in [5.74, 6) is 0. The van der Waals surface area contributed by atoms with E-state index in [1.54, 1.807) is 12.1 Å². The normalized spacial score (nSPS) is 10.3. The molecule has 0 aliphatic heterocycles. The minimum atomic E-state index is 0.470. The molecule has 4 heteroatoms. The standard InChI is InChI=1S/C14H14ClN3/c1-2-3-7-18-8-6-14(17-18)11-4-5-12(10-16)13(15)9-11/h4-6,8-9H,2-3,7H2,1H3. The van der Waals surface area contributed by atoms with E-state index in [2.05, 4.69) is 12.0 Å².